The average molecular weight is 558 g/mol. The van der Waals surface area contributed by atoms with Crippen molar-refractivity contribution in [1.82, 2.24) is 19.9 Å². The second kappa shape index (κ2) is 12.0. The summed E-state index contributed by atoms with van der Waals surface area (Å²) in [5.41, 5.74) is 3.06. The van der Waals surface area contributed by atoms with Gasteiger partial charge in [-0.15, -0.1) is 5.10 Å². The number of benzene rings is 4. The molecule has 8 nitrogen and oxygen atoms in total. The Morgan fingerprint density at radius 3 is 2.38 bits per heavy atom. The molecule has 4 aromatic carbocycles. The number of carbonyl (C=O) groups excluding carboxylic acids is 2. The minimum Gasteiger partial charge on any atom is -0.497 e. The van der Waals surface area contributed by atoms with Gasteiger partial charge >= 0.3 is 0 Å². The SMILES string of the molecule is COc1ccc(NC(=O)C(c2ccc(Cl)cc2)N(Cc2ccc(F)cc2)C(=O)Cn2nnc3ccccc32)cc1. The van der Waals surface area contributed by atoms with E-state index in [1.54, 1.807) is 73.8 Å². The summed E-state index contributed by atoms with van der Waals surface area (Å²) in [6, 6.07) is 25.7. The Hall–Kier alpha value is -4.76. The van der Waals surface area contributed by atoms with Crippen molar-refractivity contribution in [2.75, 3.05) is 12.4 Å². The highest BCUT2D eigenvalue weighted by Crippen LogP contribution is 2.28. The molecular weight excluding hydrogens is 533 g/mol. The van der Waals surface area contributed by atoms with Gasteiger partial charge in [-0.25, -0.2) is 9.07 Å². The van der Waals surface area contributed by atoms with E-state index in [0.717, 1.165) is 0 Å². The summed E-state index contributed by atoms with van der Waals surface area (Å²) in [5, 5.41) is 11.7. The van der Waals surface area contributed by atoms with Gasteiger partial charge in [0.05, 0.1) is 12.6 Å². The number of anilines is 1. The molecule has 5 rings (SSSR count). The van der Waals surface area contributed by atoms with Crippen molar-refractivity contribution < 1.29 is 18.7 Å². The molecule has 10 heteroatoms. The number of halogens is 2. The highest BCUT2D eigenvalue weighted by molar-refractivity contribution is 6.30. The largest absolute Gasteiger partial charge is 0.497 e. The third kappa shape index (κ3) is 6.10. The molecule has 1 unspecified atom stereocenters. The number of aromatic nitrogens is 3. The van der Waals surface area contributed by atoms with Crippen LogP contribution in [-0.4, -0.2) is 38.8 Å². The summed E-state index contributed by atoms with van der Waals surface area (Å²) in [5.74, 6) is -0.584. The predicted molar refractivity (Wildman–Crippen MR) is 150 cm³/mol. The monoisotopic (exact) mass is 557 g/mol. The summed E-state index contributed by atoms with van der Waals surface area (Å²) in [7, 11) is 1.56. The van der Waals surface area contributed by atoms with Gasteiger partial charge in [0.15, 0.2) is 0 Å². The topological polar surface area (TPSA) is 89.4 Å². The second-order valence-corrected chi connectivity index (χ2v) is 9.49. The molecule has 202 valence electrons. The van der Waals surface area contributed by atoms with Crippen LogP contribution in [0.3, 0.4) is 0 Å². The van der Waals surface area contributed by atoms with Crippen molar-refractivity contribution in [2.45, 2.75) is 19.1 Å². The molecule has 1 N–H and O–H groups in total. The maximum absolute atomic E-state index is 14.0. The van der Waals surface area contributed by atoms with E-state index < -0.39 is 17.8 Å². The van der Waals surface area contributed by atoms with Gasteiger partial charge in [0.1, 0.15) is 29.7 Å². The highest BCUT2D eigenvalue weighted by atomic mass is 35.5. The number of nitrogens with zero attached hydrogens (tertiary/aromatic N) is 4. The molecule has 5 aromatic rings. The zero-order valence-corrected chi connectivity index (χ0v) is 22.3. The standard InChI is InChI=1S/C30H25ClFN5O3/c1-40-25-16-14-24(15-17-25)33-30(39)29(21-8-10-22(31)11-9-21)36(18-20-6-12-23(32)13-7-20)28(38)19-37-27-5-3-2-4-26(27)34-35-37/h2-17,29H,18-19H2,1H3,(H,33,39). The number of nitrogens with one attached hydrogen (secondary N) is 1. The molecule has 0 aliphatic heterocycles. The molecule has 1 aromatic heterocycles. The maximum atomic E-state index is 14.0. The van der Waals surface area contributed by atoms with Crippen LogP contribution in [0.1, 0.15) is 17.2 Å². The number of para-hydroxylation sites is 1. The average Bonchev–Trinajstić information content (AvgIpc) is 3.37. The van der Waals surface area contributed by atoms with Gasteiger partial charge in [-0.3, -0.25) is 9.59 Å². The fourth-order valence-electron chi connectivity index (χ4n) is 4.37. The molecule has 0 bridgehead atoms. The maximum Gasteiger partial charge on any atom is 0.251 e. The molecule has 0 fully saturated rings. The zero-order valence-electron chi connectivity index (χ0n) is 21.5. The molecule has 1 atom stereocenters. The summed E-state index contributed by atoms with van der Waals surface area (Å²) >= 11 is 6.14. The highest BCUT2D eigenvalue weighted by Gasteiger charge is 2.32. The molecule has 40 heavy (non-hydrogen) atoms. The normalized spacial score (nSPS) is 11.7. The molecular formula is C30H25ClFN5O3. The number of amides is 2. The molecule has 0 aliphatic carbocycles. The lowest BCUT2D eigenvalue weighted by atomic mass is 10.0. The van der Waals surface area contributed by atoms with Gasteiger partial charge in [0.2, 0.25) is 5.91 Å². The summed E-state index contributed by atoms with van der Waals surface area (Å²) < 4.78 is 20.4. The number of carbonyl (C=O) groups is 2. The van der Waals surface area contributed by atoms with Crippen LogP contribution < -0.4 is 10.1 Å². The summed E-state index contributed by atoms with van der Waals surface area (Å²) in [6.45, 7) is -0.128. The van der Waals surface area contributed by atoms with Crippen LogP contribution in [0.2, 0.25) is 5.02 Å². The van der Waals surface area contributed by atoms with Gasteiger partial charge in [0, 0.05) is 17.3 Å². The number of methoxy groups -OCH3 is 1. The van der Waals surface area contributed by atoms with Crippen LogP contribution in [-0.2, 0) is 22.7 Å². The van der Waals surface area contributed by atoms with E-state index in [1.807, 2.05) is 18.2 Å². The Labute approximate surface area is 234 Å². The fourth-order valence-corrected chi connectivity index (χ4v) is 4.49. The quantitative estimate of drug-likeness (QED) is 0.253. The number of ether oxygens (including phenoxy) is 1. The smallest absolute Gasteiger partial charge is 0.251 e. The first-order chi connectivity index (χ1) is 19.4. The van der Waals surface area contributed by atoms with Gasteiger partial charge < -0.3 is 15.0 Å². The van der Waals surface area contributed by atoms with Crippen molar-refractivity contribution >= 4 is 40.1 Å². The van der Waals surface area contributed by atoms with Gasteiger partial charge in [0.25, 0.3) is 5.91 Å². The zero-order chi connectivity index (χ0) is 28.1. The van der Waals surface area contributed by atoms with E-state index in [-0.39, 0.29) is 19.0 Å². The lowest BCUT2D eigenvalue weighted by molar-refractivity contribution is -0.140. The number of fused-ring (bicyclic) bond motifs is 1. The molecule has 0 radical (unpaired) electrons. The van der Waals surface area contributed by atoms with Crippen LogP contribution in [0.15, 0.2) is 97.1 Å². The van der Waals surface area contributed by atoms with Gasteiger partial charge in [-0.05, 0) is 71.8 Å². The fraction of sp³-hybridized carbons (Fsp3) is 0.133. The van der Waals surface area contributed by atoms with Crippen LogP contribution >= 0.6 is 11.6 Å². The third-order valence-electron chi connectivity index (χ3n) is 6.40. The first-order valence-corrected chi connectivity index (χ1v) is 12.8. The first kappa shape index (κ1) is 26.8. The van der Waals surface area contributed by atoms with E-state index in [9.17, 15) is 14.0 Å². The minimum absolute atomic E-state index is 0.0368. The molecule has 0 saturated carbocycles. The second-order valence-electron chi connectivity index (χ2n) is 9.06. The number of rotatable bonds is 9. The Kier molecular flexibility index (Phi) is 8.02. The lowest BCUT2D eigenvalue weighted by Crippen LogP contribution is -2.42. The third-order valence-corrected chi connectivity index (χ3v) is 6.65. The van der Waals surface area contributed by atoms with E-state index in [0.29, 0.717) is 38.6 Å². The van der Waals surface area contributed by atoms with E-state index in [2.05, 4.69) is 15.6 Å². The number of hydrogen-bond acceptors (Lipinski definition) is 5. The first-order valence-electron chi connectivity index (χ1n) is 12.4. The Morgan fingerprint density at radius 2 is 1.68 bits per heavy atom. The lowest BCUT2D eigenvalue weighted by Gasteiger charge is -2.31. The molecule has 0 saturated heterocycles. The van der Waals surface area contributed by atoms with Crippen molar-refractivity contribution in [1.29, 1.82) is 0 Å². The number of hydrogen-bond donors (Lipinski definition) is 1. The van der Waals surface area contributed by atoms with Crippen molar-refractivity contribution in [3.05, 3.63) is 119 Å². The summed E-state index contributed by atoms with van der Waals surface area (Å²) in [4.78, 5) is 29.3. The predicted octanol–water partition coefficient (Wildman–Crippen LogP) is 5.64. The Bertz CT molecular complexity index is 1620. The van der Waals surface area contributed by atoms with Crippen molar-refractivity contribution in [3.8, 4) is 5.75 Å². The van der Waals surface area contributed by atoms with Crippen LogP contribution in [0.5, 0.6) is 5.75 Å². The van der Waals surface area contributed by atoms with Crippen LogP contribution in [0.4, 0.5) is 10.1 Å². The van der Waals surface area contributed by atoms with E-state index in [1.165, 1.54) is 21.7 Å². The summed E-state index contributed by atoms with van der Waals surface area (Å²) in [6.07, 6.45) is 0. The Balaban J connectivity index is 1.53. The molecule has 0 spiro atoms. The molecule has 0 aliphatic rings. The van der Waals surface area contributed by atoms with Crippen molar-refractivity contribution in [2.24, 2.45) is 0 Å². The van der Waals surface area contributed by atoms with Crippen molar-refractivity contribution in [3.63, 3.8) is 0 Å². The van der Waals surface area contributed by atoms with E-state index >= 15 is 0 Å². The van der Waals surface area contributed by atoms with E-state index in [4.69, 9.17) is 16.3 Å². The van der Waals surface area contributed by atoms with Crippen LogP contribution in [0.25, 0.3) is 11.0 Å². The molecule has 2 amide bonds. The van der Waals surface area contributed by atoms with Gasteiger partial charge in [-0.2, -0.15) is 0 Å². The minimum atomic E-state index is -1.05. The molecule has 1 heterocycles. The van der Waals surface area contributed by atoms with Gasteiger partial charge in [-0.1, -0.05) is 53.2 Å². The Morgan fingerprint density at radius 1 is 0.975 bits per heavy atom. The van der Waals surface area contributed by atoms with Crippen LogP contribution in [0, 0.1) is 5.82 Å².